The lowest BCUT2D eigenvalue weighted by Crippen LogP contribution is -2.23. The van der Waals surface area contributed by atoms with Crippen molar-refractivity contribution in [2.24, 2.45) is 0 Å². The van der Waals surface area contributed by atoms with Gasteiger partial charge in [-0.05, 0) is 13.3 Å². The Hall–Kier alpha value is -0.710. The molecule has 0 radical (unpaired) electrons. The Morgan fingerprint density at radius 3 is 3.20 bits per heavy atom. The topological polar surface area (TPSA) is 34.1 Å². The third kappa shape index (κ3) is 5.06. The van der Waals surface area contributed by atoms with E-state index in [4.69, 9.17) is 4.74 Å². The smallest absolute Gasteiger partial charge is 0.109 e. The molecule has 1 atom stereocenters. The Morgan fingerprint density at radius 1 is 1.67 bits per heavy atom. The van der Waals surface area contributed by atoms with E-state index < -0.39 is 0 Å². The van der Waals surface area contributed by atoms with E-state index in [1.54, 1.807) is 11.3 Å². The predicted molar refractivity (Wildman–Crippen MR) is 64.2 cm³/mol. The van der Waals surface area contributed by atoms with Crippen LogP contribution in [0.5, 0.6) is 0 Å². The van der Waals surface area contributed by atoms with E-state index in [-0.39, 0.29) is 0 Å². The highest BCUT2D eigenvalue weighted by molar-refractivity contribution is 7.09. The molecule has 0 amide bonds. The first-order chi connectivity index (χ1) is 7.34. The molecule has 1 N–H and O–H groups in total. The largest absolute Gasteiger partial charge is 0.380 e. The van der Waals surface area contributed by atoms with E-state index in [0.717, 1.165) is 31.2 Å². The molecule has 15 heavy (non-hydrogen) atoms. The number of ether oxygens (including phenoxy) is 1. The van der Waals surface area contributed by atoms with Crippen LogP contribution in [0.1, 0.15) is 24.4 Å². The lowest BCUT2D eigenvalue weighted by Gasteiger charge is -2.10. The summed E-state index contributed by atoms with van der Waals surface area (Å²) < 4.78 is 5.39. The summed E-state index contributed by atoms with van der Waals surface area (Å²) in [5.41, 5.74) is 0. The summed E-state index contributed by atoms with van der Waals surface area (Å²) >= 11 is 1.68. The van der Waals surface area contributed by atoms with E-state index in [1.165, 1.54) is 0 Å². The van der Waals surface area contributed by atoms with Crippen molar-refractivity contribution in [2.45, 2.75) is 19.4 Å². The van der Waals surface area contributed by atoms with E-state index in [1.807, 2.05) is 17.7 Å². The summed E-state index contributed by atoms with van der Waals surface area (Å²) in [6.45, 7) is 8.11. The Bertz CT molecular complexity index is 262. The van der Waals surface area contributed by atoms with Crippen molar-refractivity contribution in [1.29, 1.82) is 0 Å². The van der Waals surface area contributed by atoms with E-state index in [9.17, 15) is 0 Å². The second-order valence-electron chi connectivity index (χ2n) is 3.24. The summed E-state index contributed by atoms with van der Waals surface area (Å²) in [6, 6.07) is 0.313. The number of aromatic nitrogens is 1. The molecule has 0 saturated heterocycles. The molecule has 0 aromatic carbocycles. The first kappa shape index (κ1) is 12.4. The van der Waals surface area contributed by atoms with Crippen molar-refractivity contribution in [2.75, 3.05) is 19.8 Å². The molecule has 1 rings (SSSR count). The van der Waals surface area contributed by atoms with Crippen LogP contribution in [-0.4, -0.2) is 24.7 Å². The Kier molecular flexibility index (Phi) is 6.23. The molecule has 0 saturated carbocycles. The first-order valence-electron chi connectivity index (χ1n) is 5.16. The first-order valence-corrected chi connectivity index (χ1v) is 6.04. The minimum Gasteiger partial charge on any atom is -0.380 e. The molecule has 0 spiro atoms. The number of nitrogens with zero attached hydrogens (tertiary/aromatic N) is 1. The monoisotopic (exact) mass is 226 g/mol. The molecule has 1 aromatic rings. The van der Waals surface area contributed by atoms with Gasteiger partial charge in [0.25, 0.3) is 0 Å². The van der Waals surface area contributed by atoms with Gasteiger partial charge in [0.15, 0.2) is 0 Å². The zero-order chi connectivity index (χ0) is 10.9. The van der Waals surface area contributed by atoms with E-state index in [2.05, 4.69) is 23.8 Å². The highest BCUT2D eigenvalue weighted by atomic mass is 32.1. The van der Waals surface area contributed by atoms with Gasteiger partial charge in [-0.1, -0.05) is 6.08 Å². The molecule has 0 bridgehead atoms. The van der Waals surface area contributed by atoms with Gasteiger partial charge in [0.2, 0.25) is 0 Å². The minimum atomic E-state index is 0.313. The summed E-state index contributed by atoms with van der Waals surface area (Å²) in [5.74, 6) is 0. The average molecular weight is 226 g/mol. The number of rotatable bonds is 8. The van der Waals surface area contributed by atoms with Crippen LogP contribution in [0.3, 0.4) is 0 Å². The maximum atomic E-state index is 5.39. The quantitative estimate of drug-likeness (QED) is 0.546. The molecular weight excluding hydrogens is 208 g/mol. The Morgan fingerprint density at radius 2 is 2.53 bits per heavy atom. The third-order valence-electron chi connectivity index (χ3n) is 1.99. The third-order valence-corrected chi connectivity index (χ3v) is 2.94. The van der Waals surface area contributed by atoms with Gasteiger partial charge in [0, 0.05) is 18.1 Å². The van der Waals surface area contributed by atoms with E-state index in [0.29, 0.717) is 6.04 Å². The van der Waals surface area contributed by atoms with E-state index >= 15 is 0 Å². The van der Waals surface area contributed by atoms with Gasteiger partial charge >= 0.3 is 0 Å². The van der Waals surface area contributed by atoms with Crippen LogP contribution in [0, 0.1) is 0 Å². The molecule has 0 aliphatic carbocycles. The van der Waals surface area contributed by atoms with Gasteiger partial charge < -0.3 is 10.1 Å². The highest BCUT2D eigenvalue weighted by Gasteiger charge is 2.05. The standard InChI is InChI=1S/C11H18N2OS/c1-3-4-7-14-8-5-12-10(2)11-13-6-9-15-11/h3,6,9-10,12H,1,4-5,7-8H2,2H3. The molecule has 0 aliphatic rings. The molecule has 1 heterocycles. The van der Waals surface area contributed by atoms with Crippen molar-refractivity contribution in [3.8, 4) is 0 Å². The summed E-state index contributed by atoms with van der Waals surface area (Å²) in [4.78, 5) is 4.25. The second-order valence-corrected chi connectivity index (χ2v) is 4.16. The number of hydrogen-bond acceptors (Lipinski definition) is 4. The summed E-state index contributed by atoms with van der Waals surface area (Å²) in [7, 11) is 0. The maximum absolute atomic E-state index is 5.39. The molecule has 84 valence electrons. The van der Waals surface area contributed by atoms with Crippen LogP contribution >= 0.6 is 11.3 Å². The van der Waals surface area contributed by atoms with Crippen LogP contribution in [-0.2, 0) is 4.74 Å². The molecular formula is C11H18N2OS. The van der Waals surface area contributed by atoms with Crippen LogP contribution in [0.2, 0.25) is 0 Å². The average Bonchev–Trinajstić information content (AvgIpc) is 2.76. The normalized spacial score (nSPS) is 12.6. The molecule has 0 fully saturated rings. The SMILES string of the molecule is C=CCCOCCNC(C)c1nccs1. The zero-order valence-corrected chi connectivity index (χ0v) is 9.93. The van der Waals surface area contributed by atoms with Crippen LogP contribution in [0.15, 0.2) is 24.2 Å². The van der Waals surface area contributed by atoms with Gasteiger partial charge in [0.1, 0.15) is 5.01 Å². The fraction of sp³-hybridized carbons (Fsp3) is 0.545. The van der Waals surface area contributed by atoms with Gasteiger partial charge in [-0.15, -0.1) is 17.9 Å². The fourth-order valence-electron chi connectivity index (χ4n) is 1.15. The number of thiazole rings is 1. The summed E-state index contributed by atoms with van der Waals surface area (Å²) in [6.07, 6.45) is 4.62. The lowest BCUT2D eigenvalue weighted by atomic mass is 10.3. The predicted octanol–water partition coefficient (Wildman–Crippen LogP) is 2.39. The minimum absolute atomic E-state index is 0.313. The van der Waals surface area contributed by atoms with Crippen LogP contribution in [0.25, 0.3) is 0 Å². The van der Waals surface area contributed by atoms with Crippen molar-refractivity contribution >= 4 is 11.3 Å². The van der Waals surface area contributed by atoms with Gasteiger partial charge in [-0.25, -0.2) is 4.98 Å². The van der Waals surface area contributed by atoms with Crippen molar-refractivity contribution in [3.63, 3.8) is 0 Å². The molecule has 0 aliphatic heterocycles. The fourth-order valence-corrected chi connectivity index (χ4v) is 1.82. The zero-order valence-electron chi connectivity index (χ0n) is 9.11. The van der Waals surface area contributed by atoms with Crippen molar-refractivity contribution < 1.29 is 4.74 Å². The maximum Gasteiger partial charge on any atom is 0.109 e. The molecule has 1 aromatic heterocycles. The van der Waals surface area contributed by atoms with Gasteiger partial charge in [0.05, 0.1) is 19.3 Å². The summed E-state index contributed by atoms with van der Waals surface area (Å²) in [5, 5.41) is 6.48. The molecule has 3 nitrogen and oxygen atoms in total. The molecule has 4 heteroatoms. The highest BCUT2D eigenvalue weighted by Crippen LogP contribution is 2.13. The van der Waals surface area contributed by atoms with Crippen LogP contribution in [0.4, 0.5) is 0 Å². The van der Waals surface area contributed by atoms with Crippen molar-refractivity contribution in [1.82, 2.24) is 10.3 Å². The van der Waals surface area contributed by atoms with Crippen molar-refractivity contribution in [3.05, 3.63) is 29.2 Å². The Labute approximate surface area is 95.2 Å². The Balaban J connectivity index is 2.02. The lowest BCUT2D eigenvalue weighted by molar-refractivity contribution is 0.138. The number of nitrogens with one attached hydrogen (secondary N) is 1. The van der Waals surface area contributed by atoms with Crippen LogP contribution < -0.4 is 5.32 Å². The second kappa shape index (κ2) is 7.56. The number of hydrogen-bond donors (Lipinski definition) is 1. The van der Waals surface area contributed by atoms with Gasteiger partial charge in [-0.2, -0.15) is 0 Å². The molecule has 1 unspecified atom stereocenters. The van der Waals surface area contributed by atoms with Gasteiger partial charge in [-0.3, -0.25) is 0 Å².